The summed E-state index contributed by atoms with van der Waals surface area (Å²) >= 11 is 0. The highest BCUT2D eigenvalue weighted by Gasteiger charge is 2.42. The second kappa shape index (κ2) is 4.15. The number of aliphatic hydroxyl groups is 2. The monoisotopic (exact) mass is 178 g/mol. The molecule has 1 fully saturated rings. The van der Waals surface area contributed by atoms with E-state index in [0.29, 0.717) is 0 Å². The van der Waals surface area contributed by atoms with Crippen LogP contribution in [0.25, 0.3) is 0 Å². The Bertz CT molecular complexity index is 140. The van der Waals surface area contributed by atoms with Crippen molar-refractivity contribution < 1.29 is 24.4 Å². The summed E-state index contributed by atoms with van der Waals surface area (Å²) in [5.74, 6) is 0. The van der Waals surface area contributed by atoms with Gasteiger partial charge in [0.1, 0.15) is 18.3 Å². The molecule has 1 heterocycles. The first-order chi connectivity index (χ1) is 5.70. The van der Waals surface area contributed by atoms with Gasteiger partial charge in [0.15, 0.2) is 6.29 Å². The minimum atomic E-state index is -1.06. The third-order valence-corrected chi connectivity index (χ3v) is 1.92. The highest BCUT2D eigenvalue weighted by atomic mass is 16.7. The molecule has 0 amide bonds. The van der Waals surface area contributed by atoms with E-state index >= 15 is 0 Å². The fourth-order valence-corrected chi connectivity index (χ4v) is 1.28. The van der Waals surface area contributed by atoms with Gasteiger partial charge in [0.25, 0.3) is 0 Å². The Morgan fingerprint density at radius 2 is 2.00 bits per heavy atom. The molecule has 0 spiro atoms. The van der Waals surface area contributed by atoms with Gasteiger partial charge in [0, 0.05) is 14.2 Å². The van der Waals surface area contributed by atoms with Crippen molar-refractivity contribution in [3.8, 4) is 0 Å². The van der Waals surface area contributed by atoms with Crippen LogP contribution in [-0.4, -0.2) is 55.6 Å². The van der Waals surface area contributed by atoms with Crippen molar-refractivity contribution in [3.05, 3.63) is 0 Å². The first-order valence-corrected chi connectivity index (χ1v) is 3.74. The van der Waals surface area contributed by atoms with E-state index in [0.717, 1.165) is 0 Å². The molecular formula is C7H14O5. The van der Waals surface area contributed by atoms with Crippen LogP contribution in [0.1, 0.15) is 0 Å². The molecule has 72 valence electrons. The Balaban J connectivity index is 2.49. The maximum absolute atomic E-state index is 9.46. The highest BCUT2D eigenvalue weighted by molar-refractivity contribution is 4.86. The van der Waals surface area contributed by atoms with Crippen LogP contribution >= 0.6 is 0 Å². The molecule has 1 saturated heterocycles. The Hall–Kier alpha value is -0.200. The van der Waals surface area contributed by atoms with Crippen LogP contribution in [0.4, 0.5) is 0 Å². The number of rotatable bonds is 3. The van der Waals surface area contributed by atoms with Crippen molar-refractivity contribution in [2.24, 2.45) is 0 Å². The van der Waals surface area contributed by atoms with Crippen LogP contribution in [0.15, 0.2) is 0 Å². The van der Waals surface area contributed by atoms with Gasteiger partial charge in [-0.3, -0.25) is 0 Å². The molecule has 12 heavy (non-hydrogen) atoms. The lowest BCUT2D eigenvalue weighted by Gasteiger charge is -2.14. The van der Waals surface area contributed by atoms with Gasteiger partial charge in [-0.15, -0.1) is 0 Å². The molecule has 5 nitrogen and oxygen atoms in total. The van der Waals surface area contributed by atoms with Gasteiger partial charge in [-0.25, -0.2) is 0 Å². The van der Waals surface area contributed by atoms with Crippen LogP contribution < -0.4 is 0 Å². The van der Waals surface area contributed by atoms with E-state index in [1.807, 2.05) is 0 Å². The van der Waals surface area contributed by atoms with Gasteiger partial charge < -0.3 is 24.4 Å². The van der Waals surface area contributed by atoms with E-state index in [2.05, 4.69) is 0 Å². The standard InChI is InChI=1S/C7H14O5/c1-10-3-4-5(8)6(11-2)7(9)12-4/h4-9H,3H2,1-2H3. The summed E-state index contributed by atoms with van der Waals surface area (Å²) < 4.78 is 14.6. The van der Waals surface area contributed by atoms with Gasteiger partial charge in [0.2, 0.25) is 0 Å². The molecule has 0 aromatic heterocycles. The SMILES string of the molecule is COCC1OC(O)C(OC)C1O. The first-order valence-electron chi connectivity index (χ1n) is 3.74. The second-order valence-electron chi connectivity index (χ2n) is 2.71. The van der Waals surface area contributed by atoms with E-state index in [1.54, 1.807) is 0 Å². The largest absolute Gasteiger partial charge is 0.387 e. The van der Waals surface area contributed by atoms with Crippen molar-refractivity contribution in [3.63, 3.8) is 0 Å². The summed E-state index contributed by atoms with van der Waals surface area (Å²) in [6, 6.07) is 0. The fourth-order valence-electron chi connectivity index (χ4n) is 1.28. The van der Waals surface area contributed by atoms with Gasteiger partial charge >= 0.3 is 0 Å². The maximum atomic E-state index is 9.46. The summed E-state index contributed by atoms with van der Waals surface area (Å²) in [5.41, 5.74) is 0. The van der Waals surface area contributed by atoms with Crippen LogP contribution in [0.5, 0.6) is 0 Å². The third-order valence-electron chi connectivity index (χ3n) is 1.92. The van der Waals surface area contributed by atoms with Gasteiger partial charge in [-0.1, -0.05) is 0 Å². The Morgan fingerprint density at radius 1 is 1.33 bits per heavy atom. The zero-order valence-electron chi connectivity index (χ0n) is 7.14. The zero-order chi connectivity index (χ0) is 9.14. The van der Waals surface area contributed by atoms with Gasteiger partial charge in [0.05, 0.1) is 6.61 Å². The predicted octanol–water partition coefficient (Wildman–Crippen LogP) is -1.27. The number of ether oxygens (including phenoxy) is 3. The number of hydrogen-bond acceptors (Lipinski definition) is 5. The minimum absolute atomic E-state index is 0.248. The fraction of sp³-hybridized carbons (Fsp3) is 1.00. The Labute approximate surface area is 70.9 Å². The van der Waals surface area contributed by atoms with Crippen molar-refractivity contribution >= 4 is 0 Å². The van der Waals surface area contributed by atoms with E-state index < -0.39 is 24.6 Å². The lowest BCUT2D eigenvalue weighted by atomic mass is 10.1. The molecular weight excluding hydrogens is 164 g/mol. The Kier molecular flexibility index (Phi) is 3.42. The van der Waals surface area contributed by atoms with E-state index in [4.69, 9.17) is 14.2 Å². The molecule has 4 unspecified atom stereocenters. The summed E-state index contributed by atoms with van der Waals surface area (Å²) in [5, 5.41) is 18.7. The molecule has 0 aromatic carbocycles. The quantitative estimate of drug-likeness (QED) is 0.563. The predicted molar refractivity (Wildman–Crippen MR) is 39.6 cm³/mol. The van der Waals surface area contributed by atoms with E-state index in [1.165, 1.54) is 14.2 Å². The van der Waals surface area contributed by atoms with Gasteiger partial charge in [-0.05, 0) is 0 Å². The molecule has 0 aliphatic carbocycles. The molecule has 1 aliphatic rings. The molecule has 0 radical (unpaired) electrons. The summed E-state index contributed by atoms with van der Waals surface area (Å²) in [6.07, 6.45) is -3.07. The molecule has 0 aromatic rings. The summed E-state index contributed by atoms with van der Waals surface area (Å²) in [6.45, 7) is 0.248. The minimum Gasteiger partial charge on any atom is -0.387 e. The van der Waals surface area contributed by atoms with Crippen LogP contribution in [0, 0.1) is 0 Å². The van der Waals surface area contributed by atoms with Crippen molar-refractivity contribution in [1.29, 1.82) is 0 Å². The van der Waals surface area contributed by atoms with Gasteiger partial charge in [-0.2, -0.15) is 0 Å². The van der Waals surface area contributed by atoms with Crippen LogP contribution in [-0.2, 0) is 14.2 Å². The lowest BCUT2D eigenvalue weighted by molar-refractivity contribution is -0.141. The highest BCUT2D eigenvalue weighted by Crippen LogP contribution is 2.21. The molecule has 4 atom stereocenters. The first kappa shape index (κ1) is 9.88. The van der Waals surface area contributed by atoms with Crippen molar-refractivity contribution in [2.45, 2.75) is 24.6 Å². The van der Waals surface area contributed by atoms with Crippen LogP contribution in [0.3, 0.4) is 0 Å². The molecule has 0 saturated carbocycles. The topological polar surface area (TPSA) is 68.2 Å². The molecule has 1 rings (SSSR count). The van der Waals surface area contributed by atoms with Crippen LogP contribution in [0.2, 0.25) is 0 Å². The van der Waals surface area contributed by atoms with E-state index in [9.17, 15) is 10.2 Å². The average Bonchev–Trinajstić information content (AvgIpc) is 2.29. The second-order valence-corrected chi connectivity index (χ2v) is 2.71. The molecule has 2 N–H and O–H groups in total. The maximum Gasteiger partial charge on any atom is 0.184 e. The Morgan fingerprint density at radius 3 is 2.42 bits per heavy atom. The average molecular weight is 178 g/mol. The lowest BCUT2D eigenvalue weighted by Crippen LogP contribution is -2.35. The number of aliphatic hydroxyl groups excluding tert-OH is 2. The number of hydrogen-bond donors (Lipinski definition) is 2. The third kappa shape index (κ3) is 1.75. The smallest absolute Gasteiger partial charge is 0.184 e. The molecule has 5 heteroatoms. The molecule has 1 aliphatic heterocycles. The van der Waals surface area contributed by atoms with Crippen molar-refractivity contribution in [1.82, 2.24) is 0 Å². The van der Waals surface area contributed by atoms with E-state index in [-0.39, 0.29) is 6.61 Å². The molecule has 0 bridgehead atoms. The summed E-state index contributed by atoms with van der Waals surface area (Å²) in [7, 11) is 2.91. The number of methoxy groups -OCH3 is 2. The zero-order valence-corrected chi connectivity index (χ0v) is 7.14. The summed E-state index contributed by atoms with van der Waals surface area (Å²) in [4.78, 5) is 0. The normalized spacial score (nSPS) is 42.0. The van der Waals surface area contributed by atoms with Crippen molar-refractivity contribution in [2.75, 3.05) is 20.8 Å².